The Balaban J connectivity index is 1.87. The highest BCUT2D eigenvalue weighted by Gasteiger charge is 2.32. The van der Waals surface area contributed by atoms with E-state index in [-0.39, 0.29) is 5.79 Å². The fourth-order valence-corrected chi connectivity index (χ4v) is 2.80. The number of hydrogen-bond donors (Lipinski definition) is 0. The fraction of sp³-hybridized carbons (Fsp3) is 0.556. The van der Waals surface area contributed by atoms with Crippen LogP contribution >= 0.6 is 0 Å². The molecule has 0 radical (unpaired) electrons. The molecule has 0 bridgehead atoms. The molecule has 0 aromatic heterocycles. The molecule has 0 amide bonds. The standard InChI is InChI=1S/C18H26O2/c1-4-5-6-16-7-9-17(10-8-16)13-15(2)14-18(3)19-11-12-20-18/h5-10,15H,4,11-14H2,1-3H3/b6-5+. The van der Waals surface area contributed by atoms with E-state index in [2.05, 4.69) is 57.2 Å². The van der Waals surface area contributed by atoms with Gasteiger partial charge in [0.1, 0.15) is 0 Å². The summed E-state index contributed by atoms with van der Waals surface area (Å²) in [6, 6.07) is 8.84. The molecular formula is C18H26O2. The van der Waals surface area contributed by atoms with Gasteiger partial charge in [0.25, 0.3) is 0 Å². The maximum absolute atomic E-state index is 5.68. The van der Waals surface area contributed by atoms with E-state index in [9.17, 15) is 0 Å². The van der Waals surface area contributed by atoms with Crippen LogP contribution in [0.4, 0.5) is 0 Å². The molecule has 110 valence electrons. The molecule has 1 aliphatic rings. The van der Waals surface area contributed by atoms with Gasteiger partial charge in [-0.05, 0) is 36.8 Å². The van der Waals surface area contributed by atoms with Crippen molar-refractivity contribution in [2.24, 2.45) is 5.92 Å². The zero-order valence-corrected chi connectivity index (χ0v) is 12.9. The van der Waals surface area contributed by atoms with E-state index in [1.165, 1.54) is 11.1 Å². The second-order valence-electron chi connectivity index (χ2n) is 5.90. The minimum absolute atomic E-state index is 0.372. The number of hydrogen-bond acceptors (Lipinski definition) is 2. The van der Waals surface area contributed by atoms with Crippen molar-refractivity contribution in [3.05, 3.63) is 41.5 Å². The summed E-state index contributed by atoms with van der Waals surface area (Å²) in [7, 11) is 0. The van der Waals surface area contributed by atoms with Crippen molar-refractivity contribution in [3.8, 4) is 0 Å². The predicted octanol–water partition coefficient (Wildman–Crippen LogP) is 4.44. The van der Waals surface area contributed by atoms with E-state index in [4.69, 9.17) is 9.47 Å². The van der Waals surface area contributed by atoms with E-state index in [0.717, 1.165) is 32.5 Å². The van der Waals surface area contributed by atoms with Crippen molar-refractivity contribution in [1.82, 2.24) is 0 Å². The highest BCUT2D eigenvalue weighted by atomic mass is 16.7. The van der Waals surface area contributed by atoms with Crippen LogP contribution in [0, 0.1) is 5.92 Å². The Bertz CT molecular complexity index is 427. The molecule has 1 atom stereocenters. The third kappa shape index (κ3) is 4.46. The number of rotatable bonds is 6. The zero-order chi connectivity index (χ0) is 14.4. The van der Waals surface area contributed by atoms with Gasteiger partial charge in [0.2, 0.25) is 0 Å². The molecular weight excluding hydrogens is 248 g/mol. The van der Waals surface area contributed by atoms with E-state index in [1.807, 2.05) is 0 Å². The number of ether oxygens (including phenoxy) is 2. The lowest BCUT2D eigenvalue weighted by Crippen LogP contribution is -2.28. The Kier molecular flexibility index (Phi) is 5.38. The van der Waals surface area contributed by atoms with Gasteiger partial charge in [-0.15, -0.1) is 0 Å². The van der Waals surface area contributed by atoms with Crippen LogP contribution in [-0.2, 0) is 15.9 Å². The summed E-state index contributed by atoms with van der Waals surface area (Å²) in [6.07, 6.45) is 7.46. The monoisotopic (exact) mass is 274 g/mol. The van der Waals surface area contributed by atoms with Crippen LogP contribution in [-0.4, -0.2) is 19.0 Å². The van der Waals surface area contributed by atoms with E-state index in [0.29, 0.717) is 5.92 Å². The normalized spacial score (nSPS) is 19.6. The molecule has 0 aliphatic carbocycles. The zero-order valence-electron chi connectivity index (χ0n) is 12.9. The molecule has 0 spiro atoms. The van der Waals surface area contributed by atoms with Crippen molar-refractivity contribution in [2.45, 2.75) is 45.8 Å². The molecule has 2 nitrogen and oxygen atoms in total. The second kappa shape index (κ2) is 7.05. The first kappa shape index (κ1) is 15.3. The van der Waals surface area contributed by atoms with Gasteiger partial charge in [0, 0.05) is 6.42 Å². The minimum atomic E-state index is -0.372. The van der Waals surface area contributed by atoms with Gasteiger partial charge in [-0.3, -0.25) is 0 Å². The van der Waals surface area contributed by atoms with Gasteiger partial charge < -0.3 is 9.47 Å². The topological polar surface area (TPSA) is 18.5 Å². The summed E-state index contributed by atoms with van der Waals surface area (Å²) >= 11 is 0. The molecule has 0 N–H and O–H groups in total. The molecule has 1 aromatic rings. The molecule has 1 aliphatic heterocycles. The molecule has 1 fully saturated rings. The first-order valence-corrected chi connectivity index (χ1v) is 7.65. The average Bonchev–Trinajstić information content (AvgIpc) is 2.84. The van der Waals surface area contributed by atoms with Crippen molar-refractivity contribution >= 4 is 6.08 Å². The molecule has 2 heteroatoms. The summed E-state index contributed by atoms with van der Waals surface area (Å²) in [5.74, 6) is 0.179. The Labute approximate surface area is 122 Å². The van der Waals surface area contributed by atoms with Gasteiger partial charge >= 0.3 is 0 Å². The minimum Gasteiger partial charge on any atom is -0.348 e. The van der Waals surface area contributed by atoms with Crippen LogP contribution in [0.15, 0.2) is 30.3 Å². The smallest absolute Gasteiger partial charge is 0.166 e. The Morgan fingerprint density at radius 1 is 1.20 bits per heavy atom. The third-order valence-corrected chi connectivity index (χ3v) is 3.73. The highest BCUT2D eigenvalue weighted by molar-refractivity contribution is 5.49. The summed E-state index contributed by atoms with van der Waals surface area (Å²) in [5.41, 5.74) is 2.66. The predicted molar refractivity (Wildman–Crippen MR) is 83.6 cm³/mol. The molecule has 1 heterocycles. The van der Waals surface area contributed by atoms with Gasteiger partial charge in [0.15, 0.2) is 5.79 Å². The van der Waals surface area contributed by atoms with Gasteiger partial charge in [-0.25, -0.2) is 0 Å². The molecule has 0 saturated carbocycles. The first-order valence-electron chi connectivity index (χ1n) is 7.65. The average molecular weight is 274 g/mol. The maximum Gasteiger partial charge on any atom is 0.166 e. The Hall–Kier alpha value is -1.12. The van der Waals surface area contributed by atoms with Gasteiger partial charge in [0.05, 0.1) is 13.2 Å². The third-order valence-electron chi connectivity index (χ3n) is 3.73. The summed E-state index contributed by atoms with van der Waals surface area (Å²) < 4.78 is 11.4. The van der Waals surface area contributed by atoms with Gasteiger partial charge in [-0.1, -0.05) is 50.3 Å². The Morgan fingerprint density at radius 3 is 2.45 bits per heavy atom. The van der Waals surface area contributed by atoms with Crippen molar-refractivity contribution in [1.29, 1.82) is 0 Å². The lowest BCUT2D eigenvalue weighted by Gasteiger charge is -2.26. The van der Waals surface area contributed by atoms with Crippen LogP contribution in [0.2, 0.25) is 0 Å². The van der Waals surface area contributed by atoms with Crippen LogP contribution < -0.4 is 0 Å². The Morgan fingerprint density at radius 2 is 1.85 bits per heavy atom. The largest absolute Gasteiger partial charge is 0.348 e. The maximum atomic E-state index is 5.68. The SMILES string of the molecule is CC/C=C/c1ccc(CC(C)CC2(C)OCCO2)cc1. The number of benzene rings is 1. The van der Waals surface area contributed by atoms with Crippen molar-refractivity contribution in [3.63, 3.8) is 0 Å². The van der Waals surface area contributed by atoms with E-state index in [1.54, 1.807) is 0 Å². The van der Waals surface area contributed by atoms with E-state index >= 15 is 0 Å². The quantitative estimate of drug-likeness (QED) is 0.763. The second-order valence-corrected chi connectivity index (χ2v) is 5.90. The number of allylic oxidation sites excluding steroid dienone is 1. The molecule has 1 saturated heterocycles. The molecule has 20 heavy (non-hydrogen) atoms. The highest BCUT2D eigenvalue weighted by Crippen LogP contribution is 2.28. The summed E-state index contributed by atoms with van der Waals surface area (Å²) in [5, 5.41) is 0. The molecule has 1 unspecified atom stereocenters. The lowest BCUT2D eigenvalue weighted by molar-refractivity contribution is -0.153. The fourth-order valence-electron chi connectivity index (χ4n) is 2.80. The van der Waals surface area contributed by atoms with Crippen molar-refractivity contribution in [2.75, 3.05) is 13.2 Å². The first-order chi connectivity index (χ1) is 9.61. The van der Waals surface area contributed by atoms with Crippen LogP contribution in [0.25, 0.3) is 6.08 Å². The molecule has 2 rings (SSSR count). The van der Waals surface area contributed by atoms with Crippen LogP contribution in [0.5, 0.6) is 0 Å². The molecule has 1 aromatic carbocycles. The van der Waals surface area contributed by atoms with Gasteiger partial charge in [-0.2, -0.15) is 0 Å². The van der Waals surface area contributed by atoms with Crippen LogP contribution in [0.3, 0.4) is 0 Å². The summed E-state index contributed by atoms with van der Waals surface area (Å²) in [6.45, 7) is 7.92. The van der Waals surface area contributed by atoms with Crippen molar-refractivity contribution < 1.29 is 9.47 Å². The van der Waals surface area contributed by atoms with Crippen LogP contribution in [0.1, 0.15) is 44.7 Å². The van der Waals surface area contributed by atoms with E-state index < -0.39 is 0 Å². The summed E-state index contributed by atoms with van der Waals surface area (Å²) in [4.78, 5) is 0. The lowest BCUT2D eigenvalue weighted by atomic mass is 9.94.